The van der Waals surface area contributed by atoms with Crippen molar-refractivity contribution >= 4 is 28.3 Å². The predicted octanol–water partition coefficient (Wildman–Crippen LogP) is 5.51. The number of aromatic amines is 1. The van der Waals surface area contributed by atoms with Crippen LogP contribution in [0.4, 0.5) is 29.3 Å². The smallest absolute Gasteiger partial charge is 0.323 e. The van der Waals surface area contributed by atoms with E-state index in [0.29, 0.717) is 35.2 Å². The average molecular weight is 413 g/mol. The summed E-state index contributed by atoms with van der Waals surface area (Å²) in [7, 11) is 0. The number of nitrogens with zero attached hydrogens (tertiary/aromatic N) is 2. The predicted molar refractivity (Wildman–Crippen MR) is 106 cm³/mol. The zero-order chi connectivity index (χ0) is 21.3. The molecule has 1 aliphatic carbocycles. The molecule has 2 aromatic heterocycles. The molecule has 154 valence electrons. The first-order valence-corrected chi connectivity index (χ1v) is 9.47. The van der Waals surface area contributed by atoms with E-state index < -0.39 is 17.8 Å². The van der Waals surface area contributed by atoms with Crippen molar-refractivity contribution in [3.05, 3.63) is 53.7 Å². The van der Waals surface area contributed by atoms with Crippen LogP contribution in [-0.4, -0.2) is 21.9 Å². The molecule has 3 aromatic rings. The van der Waals surface area contributed by atoms with E-state index in [-0.39, 0.29) is 24.3 Å². The number of halogens is 3. The van der Waals surface area contributed by atoms with E-state index in [1.165, 1.54) is 18.5 Å². The highest BCUT2D eigenvalue weighted by Gasteiger charge is 2.36. The minimum absolute atomic E-state index is 0.101. The number of anilines is 2. The fourth-order valence-electron chi connectivity index (χ4n) is 3.83. The Kier molecular flexibility index (Phi) is 5.08. The first kappa shape index (κ1) is 19.8. The van der Waals surface area contributed by atoms with Crippen LogP contribution in [0.3, 0.4) is 0 Å². The highest BCUT2D eigenvalue weighted by molar-refractivity contribution is 6.05. The summed E-state index contributed by atoms with van der Waals surface area (Å²) < 4.78 is 40.5. The second-order valence-corrected chi connectivity index (χ2v) is 7.37. The van der Waals surface area contributed by atoms with Crippen LogP contribution >= 0.6 is 0 Å². The van der Waals surface area contributed by atoms with Crippen LogP contribution in [0.25, 0.3) is 10.9 Å². The molecule has 0 bridgehead atoms. The largest absolute Gasteiger partial charge is 0.357 e. The molecule has 0 unspecified atom stereocenters. The minimum Gasteiger partial charge on any atom is -0.357 e. The molecule has 2 amide bonds. The number of nitrogens with one attached hydrogen (secondary N) is 3. The third kappa shape index (κ3) is 3.94. The Labute approximate surface area is 170 Å². The average Bonchev–Trinajstić information content (AvgIpc) is 3.12. The Bertz CT molecular complexity index is 1140. The monoisotopic (exact) mass is 413 g/mol. The lowest BCUT2D eigenvalue weighted by molar-refractivity contribution is -0.0382. The third-order valence-electron chi connectivity index (χ3n) is 5.39. The maximum Gasteiger partial charge on any atom is 0.323 e. The molecular weight excluding hydrogens is 395 g/mol. The Morgan fingerprint density at radius 3 is 2.73 bits per heavy atom. The van der Waals surface area contributed by atoms with Crippen molar-refractivity contribution in [2.75, 3.05) is 10.6 Å². The topological polar surface area (TPSA) is 93.6 Å². The van der Waals surface area contributed by atoms with E-state index >= 15 is 0 Å². The number of urea groups is 1. The summed E-state index contributed by atoms with van der Waals surface area (Å²) in [4.78, 5) is 18.9. The van der Waals surface area contributed by atoms with Gasteiger partial charge >= 0.3 is 6.03 Å². The second kappa shape index (κ2) is 7.71. The molecule has 0 aliphatic heterocycles. The highest BCUT2D eigenvalue weighted by atomic mass is 19.3. The lowest BCUT2D eigenvalue weighted by Crippen LogP contribution is -2.24. The zero-order valence-corrected chi connectivity index (χ0v) is 15.8. The number of carbonyl (C=O) groups excluding carboxylic acids is 1. The van der Waals surface area contributed by atoms with Crippen molar-refractivity contribution in [2.45, 2.75) is 37.5 Å². The SMILES string of the molecule is N#Cc1cc(NC(=O)Nc2c[nH]c3c(F)cncc23)ccc1C1CCC(F)(F)CC1. The van der Waals surface area contributed by atoms with Crippen LogP contribution in [0.2, 0.25) is 0 Å². The van der Waals surface area contributed by atoms with Gasteiger partial charge in [-0.1, -0.05) is 6.07 Å². The van der Waals surface area contributed by atoms with Crippen molar-refractivity contribution in [2.24, 2.45) is 0 Å². The second-order valence-electron chi connectivity index (χ2n) is 7.37. The fourth-order valence-corrected chi connectivity index (χ4v) is 3.83. The van der Waals surface area contributed by atoms with Gasteiger partial charge in [0.1, 0.15) is 0 Å². The first-order valence-electron chi connectivity index (χ1n) is 9.47. The lowest BCUT2D eigenvalue weighted by Gasteiger charge is -2.29. The van der Waals surface area contributed by atoms with E-state index in [4.69, 9.17) is 0 Å². The van der Waals surface area contributed by atoms with Crippen molar-refractivity contribution in [3.8, 4) is 6.07 Å². The molecule has 2 heterocycles. The van der Waals surface area contributed by atoms with Crippen molar-refractivity contribution < 1.29 is 18.0 Å². The maximum absolute atomic E-state index is 13.7. The number of pyridine rings is 1. The number of carbonyl (C=O) groups is 1. The van der Waals surface area contributed by atoms with Gasteiger partial charge in [-0.05, 0) is 36.5 Å². The Balaban J connectivity index is 1.47. The van der Waals surface area contributed by atoms with E-state index in [0.717, 1.165) is 11.8 Å². The van der Waals surface area contributed by atoms with Gasteiger partial charge in [-0.15, -0.1) is 0 Å². The van der Waals surface area contributed by atoms with Crippen LogP contribution in [0.5, 0.6) is 0 Å². The van der Waals surface area contributed by atoms with Crippen molar-refractivity contribution in [1.82, 2.24) is 9.97 Å². The summed E-state index contributed by atoms with van der Waals surface area (Å²) in [6, 6.07) is 6.38. The normalized spacial score (nSPS) is 16.2. The number of H-pyrrole nitrogens is 1. The number of nitriles is 1. The van der Waals surface area contributed by atoms with Crippen molar-refractivity contribution in [1.29, 1.82) is 5.26 Å². The molecule has 4 rings (SSSR count). The van der Waals surface area contributed by atoms with Gasteiger partial charge in [0.15, 0.2) is 5.82 Å². The van der Waals surface area contributed by atoms with Crippen LogP contribution in [0.15, 0.2) is 36.8 Å². The Morgan fingerprint density at radius 1 is 1.23 bits per heavy atom. The number of hydrogen-bond donors (Lipinski definition) is 3. The summed E-state index contributed by atoms with van der Waals surface area (Å²) in [6.07, 6.45) is 4.22. The highest BCUT2D eigenvalue weighted by Crippen LogP contribution is 2.42. The molecular formula is C21H18F3N5O. The molecule has 1 aliphatic rings. The van der Waals surface area contributed by atoms with Gasteiger partial charge in [0.05, 0.1) is 29.0 Å². The van der Waals surface area contributed by atoms with Gasteiger partial charge < -0.3 is 15.6 Å². The van der Waals surface area contributed by atoms with Gasteiger partial charge in [-0.2, -0.15) is 5.26 Å². The number of hydrogen-bond acceptors (Lipinski definition) is 3. The number of rotatable bonds is 3. The number of benzene rings is 1. The molecule has 6 nitrogen and oxygen atoms in total. The van der Waals surface area contributed by atoms with Crippen LogP contribution in [0.1, 0.15) is 42.7 Å². The van der Waals surface area contributed by atoms with Gasteiger partial charge in [0.25, 0.3) is 0 Å². The number of amides is 2. The quantitative estimate of drug-likeness (QED) is 0.528. The van der Waals surface area contributed by atoms with Crippen LogP contribution in [-0.2, 0) is 0 Å². The molecule has 1 fully saturated rings. The van der Waals surface area contributed by atoms with Gasteiger partial charge in [0.2, 0.25) is 5.92 Å². The van der Waals surface area contributed by atoms with Crippen molar-refractivity contribution in [3.63, 3.8) is 0 Å². The summed E-state index contributed by atoms with van der Waals surface area (Å²) in [5.74, 6) is -3.27. The molecule has 9 heteroatoms. The minimum atomic E-state index is -2.64. The first-order chi connectivity index (χ1) is 14.4. The standard InChI is InChI=1S/C21H18F3N5O/c22-17-10-26-9-16-18(11-27-19(16)17)29-20(30)28-14-1-2-15(13(7-14)8-25)12-3-5-21(23,24)6-4-12/h1-2,7,9-12,27H,3-6H2,(H2,28,29,30). The van der Waals surface area contributed by atoms with E-state index in [1.807, 2.05) is 0 Å². The van der Waals surface area contributed by atoms with Crippen LogP contribution < -0.4 is 10.6 Å². The van der Waals surface area contributed by atoms with Gasteiger partial charge in [-0.25, -0.2) is 18.0 Å². The number of alkyl halides is 2. The van der Waals surface area contributed by atoms with E-state index in [2.05, 4.69) is 26.7 Å². The Morgan fingerprint density at radius 2 is 2.00 bits per heavy atom. The maximum atomic E-state index is 13.7. The summed E-state index contributed by atoms with van der Waals surface area (Å²) in [6.45, 7) is 0. The summed E-state index contributed by atoms with van der Waals surface area (Å²) >= 11 is 0. The molecule has 1 aromatic carbocycles. The molecule has 30 heavy (non-hydrogen) atoms. The van der Waals surface area contributed by atoms with E-state index in [1.54, 1.807) is 12.1 Å². The summed E-state index contributed by atoms with van der Waals surface area (Å²) in [5.41, 5.74) is 2.04. The molecule has 0 radical (unpaired) electrons. The van der Waals surface area contributed by atoms with Gasteiger partial charge in [0, 0.05) is 36.3 Å². The summed E-state index contributed by atoms with van der Waals surface area (Å²) in [5, 5.41) is 15.2. The molecule has 0 spiro atoms. The molecule has 1 saturated carbocycles. The zero-order valence-electron chi connectivity index (χ0n) is 15.8. The number of aromatic nitrogens is 2. The molecule has 3 N–H and O–H groups in total. The fraction of sp³-hybridized carbons (Fsp3) is 0.286. The Hall–Kier alpha value is -3.54. The number of fused-ring (bicyclic) bond motifs is 1. The lowest BCUT2D eigenvalue weighted by atomic mass is 9.80. The van der Waals surface area contributed by atoms with Gasteiger partial charge in [-0.3, -0.25) is 4.98 Å². The van der Waals surface area contributed by atoms with Crippen LogP contribution in [0, 0.1) is 17.1 Å². The third-order valence-corrected chi connectivity index (χ3v) is 5.39. The molecule has 0 saturated heterocycles. The molecule has 0 atom stereocenters. The van der Waals surface area contributed by atoms with E-state index in [9.17, 15) is 23.2 Å².